The topological polar surface area (TPSA) is 29.9 Å². The van der Waals surface area contributed by atoms with Crippen LogP contribution in [0.15, 0.2) is 30.7 Å². The van der Waals surface area contributed by atoms with Crippen molar-refractivity contribution in [2.45, 2.75) is 38.3 Å². The first-order valence-electron chi connectivity index (χ1n) is 6.89. The molecule has 0 radical (unpaired) electrons. The number of benzene rings is 1. The van der Waals surface area contributed by atoms with Crippen LogP contribution in [0.5, 0.6) is 0 Å². The van der Waals surface area contributed by atoms with Crippen LogP contribution in [0.4, 0.5) is 8.78 Å². The van der Waals surface area contributed by atoms with Crippen LogP contribution in [-0.4, -0.2) is 15.6 Å². The molecule has 0 bridgehead atoms. The monoisotopic (exact) mass is 277 g/mol. The van der Waals surface area contributed by atoms with Crippen molar-refractivity contribution in [3.05, 3.63) is 48.1 Å². The van der Waals surface area contributed by atoms with Gasteiger partial charge in [0.15, 0.2) is 0 Å². The van der Waals surface area contributed by atoms with Crippen molar-refractivity contribution >= 4 is 0 Å². The first-order valence-corrected chi connectivity index (χ1v) is 6.89. The minimum atomic E-state index is -0.453. The number of piperidine rings is 1. The van der Waals surface area contributed by atoms with Crippen LogP contribution in [0.3, 0.4) is 0 Å². The molecule has 1 aromatic heterocycles. The molecular formula is C15H17F2N3. The number of rotatable bonds is 2. The van der Waals surface area contributed by atoms with Gasteiger partial charge < -0.3 is 5.32 Å². The van der Waals surface area contributed by atoms with E-state index in [2.05, 4.69) is 17.2 Å². The van der Waals surface area contributed by atoms with Crippen LogP contribution in [0.25, 0.3) is 5.69 Å². The maximum absolute atomic E-state index is 13.9. The Balaban J connectivity index is 1.99. The Morgan fingerprint density at radius 2 is 2.15 bits per heavy atom. The number of aromatic nitrogens is 2. The van der Waals surface area contributed by atoms with Crippen LogP contribution in [0.1, 0.15) is 37.9 Å². The first-order chi connectivity index (χ1) is 9.65. The van der Waals surface area contributed by atoms with E-state index < -0.39 is 11.6 Å². The smallest absolute Gasteiger partial charge is 0.147 e. The Labute approximate surface area is 116 Å². The normalized spacial score (nSPS) is 22.9. The van der Waals surface area contributed by atoms with E-state index in [-0.39, 0.29) is 11.7 Å². The molecule has 1 saturated heterocycles. The Bertz CT molecular complexity index is 609. The summed E-state index contributed by atoms with van der Waals surface area (Å²) in [7, 11) is 0. The molecule has 3 nitrogen and oxygen atoms in total. The maximum atomic E-state index is 13.9. The van der Waals surface area contributed by atoms with Gasteiger partial charge in [-0.3, -0.25) is 4.57 Å². The molecule has 2 atom stereocenters. The van der Waals surface area contributed by atoms with Gasteiger partial charge in [0.1, 0.15) is 11.6 Å². The minimum Gasteiger partial charge on any atom is -0.306 e. The van der Waals surface area contributed by atoms with Crippen LogP contribution < -0.4 is 5.32 Å². The van der Waals surface area contributed by atoms with Crippen molar-refractivity contribution in [2.24, 2.45) is 0 Å². The molecule has 2 aromatic rings. The average molecular weight is 277 g/mol. The third kappa shape index (κ3) is 2.45. The highest BCUT2D eigenvalue weighted by Crippen LogP contribution is 2.28. The van der Waals surface area contributed by atoms with Gasteiger partial charge >= 0.3 is 0 Å². The largest absolute Gasteiger partial charge is 0.306 e. The Morgan fingerprint density at radius 1 is 1.30 bits per heavy atom. The van der Waals surface area contributed by atoms with Crippen LogP contribution in [-0.2, 0) is 0 Å². The number of halogens is 2. The molecule has 1 aromatic carbocycles. The van der Waals surface area contributed by atoms with Gasteiger partial charge in [0.2, 0.25) is 0 Å². The molecule has 1 N–H and O–H groups in total. The van der Waals surface area contributed by atoms with E-state index in [1.165, 1.54) is 12.4 Å². The highest BCUT2D eigenvalue weighted by Gasteiger charge is 2.23. The van der Waals surface area contributed by atoms with Crippen LogP contribution in [0, 0.1) is 11.6 Å². The van der Waals surface area contributed by atoms with E-state index in [1.54, 1.807) is 10.8 Å². The summed E-state index contributed by atoms with van der Waals surface area (Å²) >= 11 is 0. The maximum Gasteiger partial charge on any atom is 0.147 e. The molecule has 2 unspecified atom stereocenters. The summed E-state index contributed by atoms with van der Waals surface area (Å²) in [5.74, 6) is -0.902. The summed E-state index contributed by atoms with van der Waals surface area (Å²) in [5, 5.41) is 3.49. The Hall–Kier alpha value is -1.75. The number of nitrogens with zero attached hydrogens (tertiary/aromatic N) is 2. The van der Waals surface area contributed by atoms with E-state index in [1.807, 2.05) is 0 Å². The molecule has 1 fully saturated rings. The fraction of sp³-hybridized carbons (Fsp3) is 0.400. The summed E-state index contributed by atoms with van der Waals surface area (Å²) in [6.07, 6.45) is 6.50. The van der Waals surface area contributed by atoms with E-state index in [0.717, 1.165) is 37.1 Å². The lowest BCUT2D eigenvalue weighted by molar-refractivity contribution is 0.334. The predicted molar refractivity (Wildman–Crippen MR) is 72.7 cm³/mol. The van der Waals surface area contributed by atoms with E-state index in [0.29, 0.717) is 6.04 Å². The van der Waals surface area contributed by atoms with Crippen LogP contribution >= 0.6 is 0 Å². The molecule has 3 rings (SSSR count). The fourth-order valence-corrected chi connectivity index (χ4v) is 2.81. The molecule has 0 saturated carbocycles. The number of nitrogens with one attached hydrogen (secondary N) is 1. The standard InChI is InChI=1S/C15H17F2N3/c1-10-3-2-4-13(19-10)15-8-18-9-20(15)14-7-11(16)5-6-12(14)17/h5-10,13,19H,2-4H2,1H3. The summed E-state index contributed by atoms with van der Waals surface area (Å²) < 4.78 is 28.9. The Kier molecular flexibility index (Phi) is 3.53. The van der Waals surface area contributed by atoms with Crippen molar-refractivity contribution in [1.29, 1.82) is 0 Å². The molecule has 0 aliphatic carbocycles. The van der Waals surface area contributed by atoms with E-state index in [4.69, 9.17) is 0 Å². The molecule has 0 amide bonds. The lowest BCUT2D eigenvalue weighted by atomic mass is 9.97. The van der Waals surface area contributed by atoms with Gasteiger partial charge in [-0.25, -0.2) is 13.8 Å². The zero-order chi connectivity index (χ0) is 14.1. The first kappa shape index (κ1) is 13.2. The average Bonchev–Trinajstić information content (AvgIpc) is 2.90. The zero-order valence-corrected chi connectivity index (χ0v) is 11.3. The second kappa shape index (κ2) is 5.32. The molecule has 5 heteroatoms. The summed E-state index contributed by atoms with van der Waals surface area (Å²) in [6.45, 7) is 2.13. The number of imidazole rings is 1. The third-order valence-electron chi connectivity index (χ3n) is 3.81. The summed E-state index contributed by atoms with van der Waals surface area (Å²) in [5.41, 5.74) is 1.08. The SMILES string of the molecule is CC1CCCC(c2cncn2-c2cc(F)ccc2F)N1. The van der Waals surface area contributed by atoms with Crippen molar-refractivity contribution in [3.63, 3.8) is 0 Å². The van der Waals surface area contributed by atoms with Crippen molar-refractivity contribution in [2.75, 3.05) is 0 Å². The van der Waals surface area contributed by atoms with Gasteiger partial charge in [0.05, 0.1) is 23.9 Å². The van der Waals surface area contributed by atoms with Crippen LogP contribution in [0.2, 0.25) is 0 Å². The molecule has 1 aliphatic heterocycles. The molecule has 106 valence electrons. The quantitative estimate of drug-likeness (QED) is 0.912. The fourth-order valence-electron chi connectivity index (χ4n) is 2.81. The van der Waals surface area contributed by atoms with Gasteiger partial charge in [0.25, 0.3) is 0 Å². The lowest BCUT2D eigenvalue weighted by Gasteiger charge is -2.29. The van der Waals surface area contributed by atoms with Gasteiger partial charge in [-0.15, -0.1) is 0 Å². The second-order valence-electron chi connectivity index (χ2n) is 5.34. The molecule has 2 heterocycles. The predicted octanol–water partition coefficient (Wildman–Crippen LogP) is 3.35. The van der Waals surface area contributed by atoms with Gasteiger partial charge in [-0.1, -0.05) is 0 Å². The molecule has 20 heavy (non-hydrogen) atoms. The van der Waals surface area contributed by atoms with E-state index in [9.17, 15) is 8.78 Å². The molecule has 1 aliphatic rings. The minimum absolute atomic E-state index is 0.129. The van der Waals surface area contributed by atoms with Crippen molar-refractivity contribution in [3.8, 4) is 5.69 Å². The number of hydrogen-bond acceptors (Lipinski definition) is 2. The van der Waals surface area contributed by atoms with Gasteiger partial charge in [-0.2, -0.15) is 0 Å². The zero-order valence-electron chi connectivity index (χ0n) is 11.3. The highest BCUT2D eigenvalue weighted by atomic mass is 19.1. The molecular weight excluding hydrogens is 260 g/mol. The van der Waals surface area contributed by atoms with E-state index >= 15 is 0 Å². The summed E-state index contributed by atoms with van der Waals surface area (Å²) in [4.78, 5) is 4.10. The molecule has 0 spiro atoms. The highest BCUT2D eigenvalue weighted by molar-refractivity contribution is 5.36. The van der Waals surface area contributed by atoms with Crippen molar-refractivity contribution in [1.82, 2.24) is 14.9 Å². The summed E-state index contributed by atoms with van der Waals surface area (Å²) in [6, 6.07) is 4.02. The van der Waals surface area contributed by atoms with Crippen molar-refractivity contribution < 1.29 is 8.78 Å². The van der Waals surface area contributed by atoms with Gasteiger partial charge in [0, 0.05) is 18.2 Å². The van der Waals surface area contributed by atoms with Gasteiger partial charge in [-0.05, 0) is 38.3 Å². The lowest BCUT2D eigenvalue weighted by Crippen LogP contribution is -2.35. The Morgan fingerprint density at radius 3 is 2.95 bits per heavy atom. The third-order valence-corrected chi connectivity index (χ3v) is 3.81. The second-order valence-corrected chi connectivity index (χ2v) is 5.34. The number of hydrogen-bond donors (Lipinski definition) is 1.